The molecule has 0 radical (unpaired) electrons. The lowest BCUT2D eigenvalue weighted by molar-refractivity contribution is -0.150. The van der Waals surface area contributed by atoms with Crippen LogP contribution in [0.5, 0.6) is 0 Å². The van der Waals surface area contributed by atoms with Gasteiger partial charge in [-0.1, -0.05) is 17.8 Å². The number of carboxylic acid groups (broad SMARTS) is 1. The first-order valence-electron chi connectivity index (χ1n) is 10.4. The predicted molar refractivity (Wildman–Crippen MR) is 130 cm³/mol. The molecule has 14 nitrogen and oxygen atoms in total. The number of nitrogens with zero attached hydrogens (tertiary/aromatic N) is 5. The summed E-state index contributed by atoms with van der Waals surface area (Å²) < 4.78 is 6.27. The maximum Gasteiger partial charge on any atom is 0.352 e. The molecule has 3 atom stereocenters. The number of aromatic nitrogens is 4. The lowest BCUT2D eigenvalue weighted by Gasteiger charge is -2.49. The van der Waals surface area contributed by atoms with Crippen molar-refractivity contribution in [2.45, 2.75) is 22.6 Å². The van der Waals surface area contributed by atoms with Gasteiger partial charge in [0, 0.05) is 30.5 Å². The Bertz CT molecular complexity index is 1190. The Labute approximate surface area is 217 Å². The predicted octanol–water partition coefficient (Wildman–Crippen LogP) is -0.253. The average molecular weight is 555 g/mol. The molecule has 0 aromatic carbocycles. The van der Waals surface area contributed by atoms with E-state index in [1.807, 2.05) is 0 Å². The number of tetrazole rings is 1. The molecule has 2 unspecified atom stereocenters. The molecule has 4 amide bonds. The fraction of sp³-hybridized carbons (Fsp3) is 0.421. The lowest BCUT2D eigenvalue weighted by Crippen LogP contribution is -2.71. The molecule has 2 aliphatic rings. The third-order valence-corrected chi connectivity index (χ3v) is 8.62. The minimum absolute atomic E-state index is 0.0442. The third-order valence-electron chi connectivity index (χ3n) is 5.25. The van der Waals surface area contributed by atoms with Gasteiger partial charge in [0.25, 0.3) is 5.91 Å². The van der Waals surface area contributed by atoms with E-state index in [9.17, 15) is 24.3 Å². The molecular weight excluding hydrogens is 532 g/mol. The van der Waals surface area contributed by atoms with Crippen molar-refractivity contribution >= 4 is 58.7 Å². The molecule has 0 saturated carbocycles. The van der Waals surface area contributed by atoms with E-state index in [0.717, 1.165) is 0 Å². The smallest absolute Gasteiger partial charge is 0.352 e. The van der Waals surface area contributed by atoms with Crippen LogP contribution in [0.25, 0.3) is 0 Å². The number of hydrogen-bond acceptors (Lipinski definition) is 11. The normalized spacial score (nSPS) is 19.8. The first-order chi connectivity index (χ1) is 17.3. The summed E-state index contributed by atoms with van der Waals surface area (Å²) in [5.41, 5.74) is 0.464. The number of thioether (sulfide) groups is 2. The third kappa shape index (κ3) is 5.32. The Morgan fingerprint density at radius 2 is 2.19 bits per heavy atom. The van der Waals surface area contributed by atoms with Crippen LogP contribution >= 0.6 is 34.9 Å². The standard InChI is InChI=1S/C19H22N8O6S3/c1-26-19(23-24-25-26)36-7-9-6-35-16-12(15(29)27(16)13(9)17(30)31)21-14(28)11(10-4-3-5-34-10)22-18(32)20-8-33-2/h3-5,11-12,16H,6-8H2,1-2H3,(H,21,28)(H,30,31)(H2,20,22,32)/t11?,12-,16?/m0/s1. The second-order valence-corrected chi connectivity index (χ2v) is 10.6. The summed E-state index contributed by atoms with van der Waals surface area (Å²) in [5.74, 6) is -1.70. The van der Waals surface area contributed by atoms with E-state index in [0.29, 0.717) is 21.4 Å². The molecule has 17 heteroatoms. The van der Waals surface area contributed by atoms with E-state index in [1.54, 1.807) is 24.6 Å². The number of methoxy groups -OCH3 is 1. The summed E-state index contributed by atoms with van der Waals surface area (Å²) in [6.07, 6.45) is 0. The Balaban J connectivity index is 1.46. The van der Waals surface area contributed by atoms with Crippen LogP contribution in [-0.2, 0) is 26.2 Å². The van der Waals surface area contributed by atoms with Crippen molar-refractivity contribution in [3.05, 3.63) is 33.7 Å². The number of amides is 4. The average Bonchev–Trinajstić information content (AvgIpc) is 3.54. The molecule has 1 fully saturated rings. The monoisotopic (exact) mass is 554 g/mol. The summed E-state index contributed by atoms with van der Waals surface area (Å²) in [4.78, 5) is 52.1. The van der Waals surface area contributed by atoms with Gasteiger partial charge in [0.2, 0.25) is 11.1 Å². The van der Waals surface area contributed by atoms with E-state index in [-0.39, 0.29) is 18.2 Å². The molecule has 4 rings (SSSR count). The second kappa shape index (κ2) is 11.3. The Morgan fingerprint density at radius 3 is 2.83 bits per heavy atom. The quantitative estimate of drug-likeness (QED) is 0.173. The van der Waals surface area contributed by atoms with E-state index < -0.39 is 41.3 Å². The maximum absolute atomic E-state index is 13.1. The number of urea groups is 1. The van der Waals surface area contributed by atoms with Gasteiger partial charge in [-0.2, -0.15) is 0 Å². The number of β-lactam (4-membered cyclic amide) rings is 1. The minimum Gasteiger partial charge on any atom is -0.477 e. The molecule has 2 aromatic rings. The van der Waals surface area contributed by atoms with Gasteiger partial charge in [0.05, 0.1) is 0 Å². The number of thiophene rings is 1. The van der Waals surface area contributed by atoms with E-state index in [1.165, 1.54) is 51.6 Å². The number of carbonyl (C=O) groups is 4. The molecule has 192 valence electrons. The largest absolute Gasteiger partial charge is 0.477 e. The first-order valence-corrected chi connectivity index (χ1v) is 13.4. The van der Waals surface area contributed by atoms with Crippen LogP contribution in [0.2, 0.25) is 0 Å². The number of aliphatic carboxylic acids is 1. The van der Waals surface area contributed by atoms with Gasteiger partial charge >= 0.3 is 12.0 Å². The van der Waals surface area contributed by atoms with Crippen molar-refractivity contribution in [2.75, 3.05) is 25.3 Å². The molecule has 36 heavy (non-hydrogen) atoms. The number of aryl methyl sites for hydroxylation is 1. The van der Waals surface area contributed by atoms with Crippen molar-refractivity contribution in [3.8, 4) is 0 Å². The topological polar surface area (TPSA) is 181 Å². The van der Waals surface area contributed by atoms with Gasteiger partial charge in [-0.3, -0.25) is 14.5 Å². The molecular formula is C19H22N8O6S3. The summed E-state index contributed by atoms with van der Waals surface area (Å²) in [6.45, 7) is -0.0442. The molecule has 0 spiro atoms. The molecule has 4 heterocycles. The number of carbonyl (C=O) groups excluding carboxylic acids is 3. The molecule has 2 aliphatic heterocycles. The number of fused-ring (bicyclic) bond motifs is 1. The first kappa shape index (κ1) is 25.9. The molecule has 2 aromatic heterocycles. The molecule has 0 aliphatic carbocycles. The number of nitrogens with one attached hydrogen (secondary N) is 3. The fourth-order valence-corrected chi connectivity index (χ4v) is 6.68. The Kier molecular flexibility index (Phi) is 8.12. The highest BCUT2D eigenvalue weighted by Crippen LogP contribution is 2.41. The summed E-state index contributed by atoms with van der Waals surface area (Å²) in [7, 11) is 3.09. The van der Waals surface area contributed by atoms with Crippen molar-refractivity contribution in [1.29, 1.82) is 0 Å². The van der Waals surface area contributed by atoms with Crippen LogP contribution in [0.4, 0.5) is 4.79 Å². The van der Waals surface area contributed by atoms with Crippen LogP contribution in [-0.4, -0.2) is 90.8 Å². The highest BCUT2D eigenvalue weighted by molar-refractivity contribution is 8.01. The van der Waals surface area contributed by atoms with Gasteiger partial charge in [-0.05, 0) is 27.4 Å². The number of ether oxygens (including phenoxy) is 1. The van der Waals surface area contributed by atoms with Crippen LogP contribution in [0.1, 0.15) is 10.9 Å². The fourth-order valence-electron chi connectivity index (χ4n) is 3.57. The summed E-state index contributed by atoms with van der Waals surface area (Å²) >= 11 is 3.89. The molecule has 0 bridgehead atoms. The van der Waals surface area contributed by atoms with Crippen molar-refractivity contribution in [2.24, 2.45) is 7.05 Å². The summed E-state index contributed by atoms with van der Waals surface area (Å²) in [6, 6.07) is 0.842. The van der Waals surface area contributed by atoms with Crippen LogP contribution in [0.15, 0.2) is 33.9 Å². The number of hydrogen-bond donors (Lipinski definition) is 4. The summed E-state index contributed by atoms with van der Waals surface area (Å²) in [5, 5.41) is 30.4. The Morgan fingerprint density at radius 1 is 1.39 bits per heavy atom. The highest BCUT2D eigenvalue weighted by atomic mass is 32.2. The minimum atomic E-state index is -1.22. The second-order valence-electron chi connectivity index (χ2n) is 7.56. The van der Waals surface area contributed by atoms with E-state index >= 15 is 0 Å². The zero-order valence-corrected chi connectivity index (χ0v) is 21.5. The SMILES string of the molecule is COCNC(=O)NC(C(=O)N[C@H]1C(=O)N2C(C(=O)O)=C(CSc3nnnn3C)CSC12)c1cccs1. The molecule has 1 saturated heterocycles. The van der Waals surface area contributed by atoms with E-state index in [4.69, 9.17) is 4.74 Å². The highest BCUT2D eigenvalue weighted by Gasteiger charge is 2.54. The van der Waals surface area contributed by atoms with Gasteiger partial charge < -0.3 is 25.8 Å². The van der Waals surface area contributed by atoms with Gasteiger partial charge in [0.15, 0.2) is 0 Å². The van der Waals surface area contributed by atoms with Crippen molar-refractivity contribution in [1.82, 2.24) is 41.1 Å². The van der Waals surface area contributed by atoms with E-state index in [2.05, 4.69) is 31.5 Å². The zero-order chi connectivity index (χ0) is 25.8. The van der Waals surface area contributed by atoms with Gasteiger partial charge in [-0.15, -0.1) is 28.2 Å². The van der Waals surface area contributed by atoms with Crippen molar-refractivity contribution < 1.29 is 29.0 Å². The van der Waals surface area contributed by atoms with Gasteiger partial charge in [0.1, 0.15) is 29.9 Å². The van der Waals surface area contributed by atoms with Crippen LogP contribution < -0.4 is 16.0 Å². The van der Waals surface area contributed by atoms with Gasteiger partial charge in [-0.25, -0.2) is 14.3 Å². The lowest BCUT2D eigenvalue weighted by atomic mass is 10.0. The number of carboxylic acids is 1. The van der Waals surface area contributed by atoms with Crippen LogP contribution in [0.3, 0.4) is 0 Å². The van der Waals surface area contributed by atoms with Crippen molar-refractivity contribution in [3.63, 3.8) is 0 Å². The zero-order valence-electron chi connectivity index (χ0n) is 19.0. The molecule has 4 N–H and O–H groups in total. The maximum atomic E-state index is 13.1. The number of rotatable bonds is 10. The Hall–Kier alpha value is -3.15. The van der Waals surface area contributed by atoms with Crippen LogP contribution in [0, 0.1) is 0 Å².